The molecular weight excluding hydrogens is 342 g/mol. The molecule has 140 valence electrons. The summed E-state index contributed by atoms with van der Waals surface area (Å²) < 4.78 is 0. The number of fused-ring (bicyclic) bond motifs is 4. The zero-order chi connectivity index (χ0) is 18.8. The molecule has 0 saturated carbocycles. The summed E-state index contributed by atoms with van der Waals surface area (Å²) in [6.07, 6.45) is 5.45. The molecule has 3 saturated heterocycles. The Morgan fingerprint density at radius 1 is 1.04 bits per heavy atom. The molecule has 3 fully saturated rings. The Morgan fingerprint density at radius 2 is 1.81 bits per heavy atom. The number of benzene rings is 1. The smallest absolute Gasteiger partial charge is 0.336 e. The predicted molar refractivity (Wildman–Crippen MR) is 100 cm³/mol. The maximum Gasteiger partial charge on any atom is 0.336 e. The number of piperidine rings is 1. The highest BCUT2D eigenvalue weighted by Crippen LogP contribution is 2.30. The fraction of sp³-hybridized carbons (Fsp3) is 0.381. The Bertz CT molecular complexity index is 840. The first kappa shape index (κ1) is 17.7. The van der Waals surface area contributed by atoms with Gasteiger partial charge in [0.05, 0.1) is 5.56 Å². The van der Waals surface area contributed by atoms with Crippen molar-refractivity contribution in [3.05, 3.63) is 65.5 Å². The van der Waals surface area contributed by atoms with Crippen LogP contribution in [0, 0.1) is 5.92 Å². The lowest BCUT2D eigenvalue weighted by molar-refractivity contribution is 0.0691. The maximum atomic E-state index is 12.9. The van der Waals surface area contributed by atoms with Crippen molar-refractivity contribution in [2.45, 2.75) is 25.4 Å². The zero-order valence-corrected chi connectivity index (χ0v) is 15.1. The molecule has 3 aliphatic heterocycles. The number of hydrogen-bond acceptors (Lipinski definition) is 4. The van der Waals surface area contributed by atoms with Gasteiger partial charge in [-0.05, 0) is 42.5 Å². The molecule has 6 heteroatoms. The summed E-state index contributed by atoms with van der Waals surface area (Å²) in [6, 6.07) is 11.0. The highest BCUT2D eigenvalue weighted by molar-refractivity contribution is 5.94. The number of aromatic carboxylic acids is 1. The van der Waals surface area contributed by atoms with Crippen LogP contribution in [0.3, 0.4) is 0 Å². The second kappa shape index (κ2) is 7.48. The van der Waals surface area contributed by atoms with E-state index in [1.807, 2.05) is 17.0 Å². The van der Waals surface area contributed by atoms with Crippen LogP contribution in [0.2, 0.25) is 0 Å². The lowest BCUT2D eigenvalue weighted by atomic mass is 9.94. The van der Waals surface area contributed by atoms with Gasteiger partial charge in [-0.25, -0.2) is 4.79 Å². The van der Waals surface area contributed by atoms with Crippen LogP contribution in [0.25, 0.3) is 0 Å². The van der Waals surface area contributed by atoms with E-state index in [1.165, 1.54) is 0 Å². The fourth-order valence-electron chi connectivity index (χ4n) is 4.30. The van der Waals surface area contributed by atoms with E-state index in [4.69, 9.17) is 0 Å². The summed E-state index contributed by atoms with van der Waals surface area (Å²) >= 11 is 0. The van der Waals surface area contributed by atoms with Crippen molar-refractivity contribution in [1.29, 1.82) is 0 Å². The van der Waals surface area contributed by atoms with Gasteiger partial charge in [0, 0.05) is 50.2 Å². The fourth-order valence-corrected chi connectivity index (χ4v) is 4.30. The van der Waals surface area contributed by atoms with E-state index in [0.717, 1.165) is 31.5 Å². The summed E-state index contributed by atoms with van der Waals surface area (Å²) in [6.45, 7) is 2.96. The molecular formula is C21H23N3O3. The summed E-state index contributed by atoms with van der Waals surface area (Å²) in [4.78, 5) is 32.7. The average Bonchev–Trinajstić information content (AvgIpc) is 3.00. The first-order valence-corrected chi connectivity index (χ1v) is 9.36. The molecule has 2 atom stereocenters. The number of carbonyl (C=O) groups is 2. The van der Waals surface area contributed by atoms with Gasteiger partial charge in [0.25, 0.3) is 5.91 Å². The van der Waals surface area contributed by atoms with E-state index >= 15 is 0 Å². The van der Waals surface area contributed by atoms with Crippen LogP contribution in [0.5, 0.6) is 0 Å². The van der Waals surface area contributed by atoms with E-state index < -0.39 is 5.97 Å². The number of carbonyl (C=O) groups excluding carboxylic acids is 1. The highest BCUT2D eigenvalue weighted by Gasteiger charge is 2.36. The molecule has 0 unspecified atom stereocenters. The van der Waals surface area contributed by atoms with Crippen molar-refractivity contribution < 1.29 is 14.7 Å². The number of aromatic nitrogens is 1. The molecule has 1 aromatic carbocycles. The summed E-state index contributed by atoms with van der Waals surface area (Å²) in [7, 11) is 0. The van der Waals surface area contributed by atoms with Crippen LogP contribution in [-0.2, 0) is 6.54 Å². The van der Waals surface area contributed by atoms with Gasteiger partial charge >= 0.3 is 5.97 Å². The molecule has 2 bridgehead atoms. The highest BCUT2D eigenvalue weighted by atomic mass is 16.4. The molecule has 0 radical (unpaired) electrons. The number of pyridine rings is 1. The predicted octanol–water partition coefficient (Wildman–Crippen LogP) is 2.52. The Kier molecular flexibility index (Phi) is 4.90. The first-order valence-electron chi connectivity index (χ1n) is 9.36. The SMILES string of the molecule is O=C(O)c1ccccc1CN1C[C@H]2CC[C@@H]1CN(C(=O)c1ccncc1)C2. The van der Waals surface area contributed by atoms with Crippen LogP contribution < -0.4 is 0 Å². The molecule has 5 rings (SSSR count). The third-order valence-corrected chi connectivity index (χ3v) is 5.66. The van der Waals surface area contributed by atoms with E-state index in [-0.39, 0.29) is 11.9 Å². The van der Waals surface area contributed by atoms with Gasteiger partial charge in [0.15, 0.2) is 0 Å². The van der Waals surface area contributed by atoms with Crippen molar-refractivity contribution >= 4 is 11.9 Å². The van der Waals surface area contributed by atoms with Crippen LogP contribution in [-0.4, -0.2) is 57.4 Å². The van der Waals surface area contributed by atoms with Crippen molar-refractivity contribution in [3.63, 3.8) is 0 Å². The Hall–Kier alpha value is -2.73. The monoisotopic (exact) mass is 365 g/mol. The second-order valence-electron chi connectivity index (χ2n) is 7.43. The molecule has 4 heterocycles. The van der Waals surface area contributed by atoms with E-state index in [2.05, 4.69) is 9.88 Å². The number of nitrogens with zero attached hydrogens (tertiary/aromatic N) is 3. The number of carboxylic acids is 1. The van der Waals surface area contributed by atoms with Gasteiger partial charge in [-0.1, -0.05) is 18.2 Å². The summed E-state index contributed by atoms with van der Waals surface area (Å²) in [5.74, 6) is -0.409. The molecule has 3 aliphatic rings. The van der Waals surface area contributed by atoms with Crippen LogP contribution in [0.1, 0.15) is 39.1 Å². The topological polar surface area (TPSA) is 73.7 Å². The molecule has 0 spiro atoms. The normalized spacial score (nSPS) is 22.4. The van der Waals surface area contributed by atoms with Gasteiger partial charge in [-0.3, -0.25) is 14.7 Å². The van der Waals surface area contributed by atoms with Gasteiger partial charge in [0.2, 0.25) is 0 Å². The molecule has 2 aromatic rings. The number of amides is 1. The van der Waals surface area contributed by atoms with Crippen LogP contribution in [0.4, 0.5) is 0 Å². The van der Waals surface area contributed by atoms with E-state index in [1.54, 1.807) is 36.7 Å². The molecule has 0 aliphatic carbocycles. The number of carboxylic acid groups (broad SMARTS) is 1. The quantitative estimate of drug-likeness (QED) is 0.901. The number of hydrogen-bond donors (Lipinski definition) is 1. The first-order chi connectivity index (χ1) is 13.1. The van der Waals surface area contributed by atoms with Gasteiger partial charge in [-0.2, -0.15) is 0 Å². The zero-order valence-electron chi connectivity index (χ0n) is 15.1. The van der Waals surface area contributed by atoms with Crippen molar-refractivity contribution in [1.82, 2.24) is 14.8 Å². The Morgan fingerprint density at radius 3 is 2.59 bits per heavy atom. The summed E-state index contributed by atoms with van der Waals surface area (Å²) in [5.41, 5.74) is 1.88. The minimum atomic E-state index is -0.889. The minimum absolute atomic E-state index is 0.0575. The lowest BCUT2D eigenvalue weighted by Gasteiger charge is -2.36. The average molecular weight is 365 g/mol. The molecule has 1 N–H and O–H groups in total. The minimum Gasteiger partial charge on any atom is -0.478 e. The molecule has 1 amide bonds. The molecule has 27 heavy (non-hydrogen) atoms. The van der Waals surface area contributed by atoms with Gasteiger partial charge in [0.1, 0.15) is 0 Å². The Balaban J connectivity index is 1.52. The Labute approximate surface area is 158 Å². The third kappa shape index (κ3) is 3.71. The van der Waals surface area contributed by atoms with Crippen molar-refractivity contribution in [3.8, 4) is 0 Å². The van der Waals surface area contributed by atoms with Gasteiger partial charge in [-0.15, -0.1) is 0 Å². The summed E-state index contributed by atoms with van der Waals surface area (Å²) in [5, 5.41) is 9.45. The van der Waals surface area contributed by atoms with Crippen molar-refractivity contribution in [2.75, 3.05) is 19.6 Å². The van der Waals surface area contributed by atoms with E-state index in [9.17, 15) is 14.7 Å². The number of rotatable bonds is 4. The largest absolute Gasteiger partial charge is 0.478 e. The lowest BCUT2D eigenvalue weighted by Crippen LogP contribution is -2.44. The standard InChI is InChI=1S/C21H23N3O3/c25-20(16-7-9-22-10-8-16)24-12-15-5-6-18(14-24)23(11-15)13-17-3-1-2-4-19(17)21(26)27/h1-4,7-10,15,18H,5-6,11-14H2,(H,26,27)/t15-,18-/m1/s1. The van der Waals surface area contributed by atoms with Gasteiger partial charge < -0.3 is 10.0 Å². The van der Waals surface area contributed by atoms with Crippen LogP contribution >= 0.6 is 0 Å². The van der Waals surface area contributed by atoms with Crippen molar-refractivity contribution in [2.24, 2.45) is 5.92 Å². The molecule has 6 nitrogen and oxygen atoms in total. The second-order valence-corrected chi connectivity index (χ2v) is 7.43. The third-order valence-electron chi connectivity index (χ3n) is 5.66. The van der Waals surface area contributed by atoms with E-state index in [0.29, 0.717) is 30.1 Å². The molecule has 1 aromatic heterocycles. The van der Waals surface area contributed by atoms with Crippen LogP contribution in [0.15, 0.2) is 48.8 Å². The maximum absolute atomic E-state index is 12.9.